The van der Waals surface area contributed by atoms with Crippen LogP contribution in [0.4, 0.5) is 10.7 Å². The Bertz CT molecular complexity index is 446. The summed E-state index contributed by atoms with van der Waals surface area (Å²) in [6.45, 7) is 5.89. The van der Waals surface area contributed by atoms with Crippen LogP contribution in [0.5, 0.6) is 0 Å². The SMILES string of the molecule is CCCCN(C)c1sc(C(=O)NCCC)c(N)c1SC. The lowest BCUT2D eigenvalue weighted by Gasteiger charge is -2.18. The summed E-state index contributed by atoms with van der Waals surface area (Å²) in [5, 5.41) is 4.00. The third-order valence-corrected chi connectivity index (χ3v) is 5.29. The maximum absolute atomic E-state index is 12.1. The fraction of sp³-hybridized carbons (Fsp3) is 0.643. The van der Waals surface area contributed by atoms with Crippen molar-refractivity contribution in [2.45, 2.75) is 38.0 Å². The van der Waals surface area contributed by atoms with Crippen molar-refractivity contribution in [2.24, 2.45) is 0 Å². The summed E-state index contributed by atoms with van der Waals surface area (Å²) in [6.07, 6.45) is 5.22. The summed E-state index contributed by atoms with van der Waals surface area (Å²) < 4.78 is 0. The zero-order valence-electron chi connectivity index (χ0n) is 12.8. The molecule has 0 spiro atoms. The van der Waals surface area contributed by atoms with Crippen LogP contribution in [-0.4, -0.2) is 32.3 Å². The first-order valence-corrected chi connectivity index (χ1v) is 9.06. The maximum Gasteiger partial charge on any atom is 0.263 e. The number of unbranched alkanes of at least 4 members (excludes halogenated alkanes) is 1. The van der Waals surface area contributed by atoms with Crippen molar-refractivity contribution >= 4 is 39.7 Å². The Balaban J connectivity index is 2.98. The molecule has 0 atom stereocenters. The molecule has 0 saturated carbocycles. The van der Waals surface area contributed by atoms with Crippen LogP contribution in [0.15, 0.2) is 4.90 Å². The average Bonchev–Trinajstić information content (AvgIpc) is 2.79. The molecule has 1 aromatic heterocycles. The van der Waals surface area contributed by atoms with E-state index in [1.54, 1.807) is 11.8 Å². The Labute approximate surface area is 130 Å². The number of nitrogens with zero attached hydrogens (tertiary/aromatic N) is 1. The van der Waals surface area contributed by atoms with Gasteiger partial charge in [0.2, 0.25) is 0 Å². The van der Waals surface area contributed by atoms with Crippen molar-refractivity contribution in [1.82, 2.24) is 5.32 Å². The van der Waals surface area contributed by atoms with Crippen molar-refractivity contribution in [1.29, 1.82) is 0 Å². The molecule has 0 aliphatic rings. The minimum atomic E-state index is -0.0557. The van der Waals surface area contributed by atoms with E-state index in [0.717, 1.165) is 35.7 Å². The van der Waals surface area contributed by atoms with E-state index in [4.69, 9.17) is 5.73 Å². The highest BCUT2D eigenvalue weighted by molar-refractivity contribution is 7.99. The van der Waals surface area contributed by atoms with Gasteiger partial charge in [-0.3, -0.25) is 4.79 Å². The number of thioether (sulfide) groups is 1. The first-order chi connectivity index (χ1) is 9.56. The number of nitrogens with one attached hydrogen (secondary N) is 1. The van der Waals surface area contributed by atoms with Crippen LogP contribution in [0, 0.1) is 0 Å². The van der Waals surface area contributed by atoms with Crippen LogP contribution in [0.25, 0.3) is 0 Å². The Morgan fingerprint density at radius 2 is 2.10 bits per heavy atom. The summed E-state index contributed by atoms with van der Waals surface area (Å²) in [7, 11) is 2.06. The van der Waals surface area contributed by atoms with Gasteiger partial charge < -0.3 is 16.0 Å². The number of nitrogen functional groups attached to an aromatic ring is 1. The normalized spacial score (nSPS) is 10.6. The second-order valence-corrected chi connectivity index (χ2v) is 6.53. The van der Waals surface area contributed by atoms with E-state index in [9.17, 15) is 4.79 Å². The fourth-order valence-electron chi connectivity index (χ4n) is 1.85. The van der Waals surface area contributed by atoms with Crippen molar-refractivity contribution in [3.63, 3.8) is 0 Å². The molecule has 0 aliphatic heterocycles. The molecule has 0 fully saturated rings. The van der Waals surface area contributed by atoms with E-state index in [-0.39, 0.29) is 5.91 Å². The Kier molecular flexibility index (Phi) is 7.23. The minimum absolute atomic E-state index is 0.0557. The van der Waals surface area contributed by atoms with E-state index in [2.05, 4.69) is 24.2 Å². The lowest BCUT2D eigenvalue weighted by atomic mass is 10.3. The number of thiophene rings is 1. The molecule has 0 radical (unpaired) electrons. The van der Waals surface area contributed by atoms with Gasteiger partial charge in [0.05, 0.1) is 10.6 Å². The summed E-state index contributed by atoms with van der Waals surface area (Å²) >= 11 is 3.11. The van der Waals surface area contributed by atoms with Crippen molar-refractivity contribution in [2.75, 3.05) is 37.0 Å². The lowest BCUT2D eigenvalue weighted by Crippen LogP contribution is -2.23. The summed E-state index contributed by atoms with van der Waals surface area (Å²) in [4.78, 5) is 16.0. The second kappa shape index (κ2) is 8.42. The van der Waals surface area contributed by atoms with Crippen LogP contribution >= 0.6 is 23.1 Å². The Morgan fingerprint density at radius 3 is 2.65 bits per heavy atom. The van der Waals surface area contributed by atoms with E-state index >= 15 is 0 Å². The Morgan fingerprint density at radius 1 is 1.40 bits per heavy atom. The number of hydrogen-bond donors (Lipinski definition) is 2. The van der Waals surface area contributed by atoms with E-state index in [0.29, 0.717) is 17.1 Å². The number of rotatable bonds is 8. The molecule has 0 aliphatic carbocycles. The molecule has 1 heterocycles. The molecular weight excluding hydrogens is 290 g/mol. The minimum Gasteiger partial charge on any atom is -0.396 e. The molecule has 3 N–H and O–H groups in total. The number of carbonyl (C=O) groups is 1. The standard InChI is InChI=1S/C14H25N3OS2/c1-5-7-9-17(3)14-12(19-4)10(15)11(20-14)13(18)16-8-6-2/h5-9,15H2,1-4H3,(H,16,18). The number of anilines is 2. The highest BCUT2D eigenvalue weighted by Crippen LogP contribution is 2.43. The zero-order valence-corrected chi connectivity index (χ0v) is 14.4. The number of amides is 1. The van der Waals surface area contributed by atoms with Gasteiger partial charge >= 0.3 is 0 Å². The van der Waals surface area contributed by atoms with Gasteiger partial charge in [0.15, 0.2) is 0 Å². The first kappa shape index (κ1) is 17.2. The van der Waals surface area contributed by atoms with Crippen molar-refractivity contribution in [3.8, 4) is 0 Å². The molecule has 0 bridgehead atoms. The highest BCUT2D eigenvalue weighted by Gasteiger charge is 2.22. The van der Waals surface area contributed by atoms with Crippen LogP contribution in [0.3, 0.4) is 0 Å². The summed E-state index contributed by atoms with van der Waals surface area (Å²) in [5.41, 5.74) is 6.78. The van der Waals surface area contributed by atoms with Gasteiger partial charge in [0.25, 0.3) is 5.91 Å². The van der Waals surface area contributed by atoms with Gasteiger partial charge in [-0.25, -0.2) is 0 Å². The van der Waals surface area contributed by atoms with E-state index in [1.165, 1.54) is 11.3 Å². The molecule has 1 amide bonds. The third-order valence-electron chi connectivity index (χ3n) is 3.02. The highest BCUT2D eigenvalue weighted by atomic mass is 32.2. The largest absolute Gasteiger partial charge is 0.396 e. The molecule has 20 heavy (non-hydrogen) atoms. The number of carbonyl (C=O) groups excluding carboxylic acids is 1. The molecular formula is C14H25N3OS2. The van der Waals surface area contributed by atoms with E-state index < -0.39 is 0 Å². The quantitative estimate of drug-likeness (QED) is 0.722. The second-order valence-electron chi connectivity index (χ2n) is 4.71. The summed E-state index contributed by atoms with van der Waals surface area (Å²) in [6, 6.07) is 0. The predicted molar refractivity (Wildman–Crippen MR) is 91.3 cm³/mol. The van der Waals surface area contributed by atoms with Gasteiger partial charge in [-0.1, -0.05) is 20.3 Å². The van der Waals surface area contributed by atoms with Crippen LogP contribution in [0.1, 0.15) is 42.8 Å². The molecule has 114 valence electrons. The summed E-state index contributed by atoms with van der Waals surface area (Å²) in [5.74, 6) is -0.0557. The van der Waals surface area contributed by atoms with Crippen LogP contribution in [-0.2, 0) is 0 Å². The van der Waals surface area contributed by atoms with Crippen LogP contribution in [0.2, 0.25) is 0 Å². The molecule has 0 unspecified atom stereocenters. The first-order valence-electron chi connectivity index (χ1n) is 7.02. The van der Waals surface area contributed by atoms with Gasteiger partial charge in [-0.05, 0) is 19.1 Å². The van der Waals surface area contributed by atoms with Crippen molar-refractivity contribution < 1.29 is 4.79 Å². The molecule has 1 rings (SSSR count). The number of hydrogen-bond acceptors (Lipinski definition) is 5. The number of nitrogens with two attached hydrogens (primary N) is 1. The fourth-order valence-corrected chi connectivity index (χ4v) is 3.96. The third kappa shape index (κ3) is 4.06. The topological polar surface area (TPSA) is 58.4 Å². The van der Waals surface area contributed by atoms with Gasteiger partial charge in [-0.15, -0.1) is 23.1 Å². The van der Waals surface area contributed by atoms with Crippen LogP contribution < -0.4 is 16.0 Å². The van der Waals surface area contributed by atoms with Gasteiger partial charge in [0.1, 0.15) is 9.88 Å². The van der Waals surface area contributed by atoms with Gasteiger partial charge in [0, 0.05) is 20.1 Å². The molecule has 1 aromatic rings. The maximum atomic E-state index is 12.1. The van der Waals surface area contributed by atoms with Crippen molar-refractivity contribution in [3.05, 3.63) is 4.88 Å². The average molecular weight is 316 g/mol. The molecule has 6 heteroatoms. The predicted octanol–water partition coefficient (Wildman–Crippen LogP) is 3.43. The van der Waals surface area contributed by atoms with Gasteiger partial charge in [-0.2, -0.15) is 0 Å². The lowest BCUT2D eigenvalue weighted by molar-refractivity contribution is 0.0958. The zero-order chi connectivity index (χ0) is 15.1. The molecule has 4 nitrogen and oxygen atoms in total. The van der Waals surface area contributed by atoms with E-state index in [1.807, 2.05) is 13.2 Å². The molecule has 0 aromatic carbocycles. The smallest absolute Gasteiger partial charge is 0.263 e. The Hall–Kier alpha value is -0.880. The molecule has 0 saturated heterocycles. The monoisotopic (exact) mass is 315 g/mol.